The smallest absolute Gasteiger partial charge is 0.0219 e. The van der Waals surface area contributed by atoms with Crippen molar-refractivity contribution < 1.29 is 0 Å². The molecule has 0 aromatic heterocycles. The molecule has 0 aliphatic carbocycles. The number of piperazine rings is 1. The van der Waals surface area contributed by atoms with Gasteiger partial charge in [0.15, 0.2) is 0 Å². The highest BCUT2D eigenvalue weighted by Gasteiger charge is 2.24. The molecule has 3 nitrogen and oxygen atoms in total. The summed E-state index contributed by atoms with van der Waals surface area (Å²) < 4.78 is 0. The van der Waals surface area contributed by atoms with Gasteiger partial charge in [-0.15, -0.1) is 0 Å². The van der Waals surface area contributed by atoms with Gasteiger partial charge in [0.1, 0.15) is 0 Å². The Kier molecular flexibility index (Phi) is 4.16. The lowest BCUT2D eigenvalue weighted by atomic mass is 10.1. The fourth-order valence-electron chi connectivity index (χ4n) is 1.81. The van der Waals surface area contributed by atoms with E-state index >= 15 is 0 Å². The summed E-state index contributed by atoms with van der Waals surface area (Å²) in [7, 11) is 0. The molecule has 1 fully saturated rings. The van der Waals surface area contributed by atoms with Crippen molar-refractivity contribution in [1.29, 1.82) is 0 Å². The quantitative estimate of drug-likeness (QED) is 0.669. The van der Waals surface area contributed by atoms with Crippen LogP contribution in [0.2, 0.25) is 0 Å². The van der Waals surface area contributed by atoms with Crippen molar-refractivity contribution in [3.8, 4) is 0 Å². The third-order valence-electron chi connectivity index (χ3n) is 3.16. The van der Waals surface area contributed by atoms with Crippen molar-refractivity contribution in [3.63, 3.8) is 0 Å². The molecule has 0 radical (unpaired) electrons. The predicted molar refractivity (Wildman–Crippen MR) is 56.8 cm³/mol. The van der Waals surface area contributed by atoms with E-state index in [0.29, 0.717) is 18.1 Å². The first-order chi connectivity index (χ1) is 6.15. The minimum absolute atomic E-state index is 0.341. The fraction of sp³-hybridized carbons (Fsp3) is 1.00. The molecule has 0 aromatic carbocycles. The Morgan fingerprint density at radius 1 is 1.54 bits per heavy atom. The van der Waals surface area contributed by atoms with Crippen LogP contribution >= 0.6 is 0 Å². The van der Waals surface area contributed by atoms with Crippen molar-refractivity contribution in [2.45, 2.75) is 45.3 Å². The molecular weight excluding hydrogens is 162 g/mol. The van der Waals surface area contributed by atoms with Crippen LogP contribution in [0.4, 0.5) is 0 Å². The monoisotopic (exact) mass is 185 g/mol. The van der Waals surface area contributed by atoms with Crippen molar-refractivity contribution >= 4 is 0 Å². The van der Waals surface area contributed by atoms with Gasteiger partial charge in [-0.3, -0.25) is 4.90 Å². The Labute approximate surface area is 81.7 Å². The topological polar surface area (TPSA) is 41.3 Å². The summed E-state index contributed by atoms with van der Waals surface area (Å²) in [5.74, 6) is 0. The Balaban J connectivity index is 2.39. The van der Waals surface area contributed by atoms with Gasteiger partial charge in [0.05, 0.1) is 0 Å². The van der Waals surface area contributed by atoms with Crippen molar-refractivity contribution in [3.05, 3.63) is 0 Å². The van der Waals surface area contributed by atoms with Crippen LogP contribution in [0, 0.1) is 0 Å². The van der Waals surface area contributed by atoms with E-state index in [4.69, 9.17) is 5.73 Å². The Bertz CT molecular complexity index is 149. The van der Waals surface area contributed by atoms with Crippen LogP contribution < -0.4 is 11.1 Å². The van der Waals surface area contributed by atoms with Crippen LogP contribution in [-0.2, 0) is 0 Å². The lowest BCUT2D eigenvalue weighted by Gasteiger charge is -2.39. The lowest BCUT2D eigenvalue weighted by molar-refractivity contribution is 0.130. The number of hydrogen-bond acceptors (Lipinski definition) is 3. The average molecular weight is 185 g/mol. The second-order valence-corrected chi connectivity index (χ2v) is 4.15. The van der Waals surface area contributed by atoms with Crippen LogP contribution in [0.25, 0.3) is 0 Å². The number of rotatable bonds is 3. The van der Waals surface area contributed by atoms with E-state index in [1.807, 2.05) is 0 Å². The molecule has 1 aliphatic rings. The molecule has 0 bridgehead atoms. The zero-order valence-corrected chi connectivity index (χ0v) is 9.09. The summed E-state index contributed by atoms with van der Waals surface area (Å²) in [4.78, 5) is 2.50. The predicted octanol–water partition coefficient (Wildman–Crippen LogP) is 0.406. The average Bonchev–Trinajstić information content (AvgIpc) is 2.13. The van der Waals surface area contributed by atoms with E-state index in [2.05, 4.69) is 31.0 Å². The summed E-state index contributed by atoms with van der Waals surface area (Å²) in [6, 6.07) is 1.55. The molecule has 1 aliphatic heterocycles. The van der Waals surface area contributed by atoms with Gasteiger partial charge < -0.3 is 11.1 Å². The molecule has 3 N–H and O–H groups in total. The van der Waals surface area contributed by atoms with Gasteiger partial charge in [-0.2, -0.15) is 0 Å². The number of hydrogen-bond donors (Lipinski definition) is 2. The molecule has 1 heterocycles. The molecule has 1 rings (SSSR count). The lowest BCUT2D eigenvalue weighted by Crippen LogP contribution is -2.57. The molecule has 78 valence electrons. The molecule has 1 saturated heterocycles. The normalized spacial score (nSPS) is 33.2. The molecular formula is C10H23N3. The second-order valence-electron chi connectivity index (χ2n) is 4.15. The first kappa shape index (κ1) is 11.0. The summed E-state index contributed by atoms with van der Waals surface area (Å²) in [5.41, 5.74) is 5.95. The second kappa shape index (κ2) is 4.94. The molecule has 3 heteroatoms. The van der Waals surface area contributed by atoms with E-state index in [-0.39, 0.29) is 0 Å². The van der Waals surface area contributed by atoms with Crippen LogP contribution in [-0.4, -0.2) is 42.7 Å². The highest BCUT2D eigenvalue weighted by Crippen LogP contribution is 2.09. The van der Waals surface area contributed by atoms with Crippen LogP contribution in [0.15, 0.2) is 0 Å². The first-order valence-corrected chi connectivity index (χ1v) is 5.38. The van der Waals surface area contributed by atoms with Gasteiger partial charge in [0.25, 0.3) is 0 Å². The molecule has 3 unspecified atom stereocenters. The largest absolute Gasteiger partial charge is 0.327 e. The van der Waals surface area contributed by atoms with E-state index in [9.17, 15) is 0 Å². The van der Waals surface area contributed by atoms with E-state index in [0.717, 1.165) is 26.1 Å². The highest BCUT2D eigenvalue weighted by molar-refractivity contribution is 4.84. The molecule has 0 aromatic rings. The number of nitrogens with two attached hydrogens (primary N) is 1. The third-order valence-corrected chi connectivity index (χ3v) is 3.16. The van der Waals surface area contributed by atoms with Crippen molar-refractivity contribution in [1.82, 2.24) is 10.2 Å². The summed E-state index contributed by atoms with van der Waals surface area (Å²) in [6.07, 6.45) is 1.07. The van der Waals surface area contributed by atoms with Gasteiger partial charge in [-0.1, -0.05) is 6.92 Å². The molecule has 0 saturated carbocycles. The maximum absolute atomic E-state index is 5.95. The molecule has 13 heavy (non-hydrogen) atoms. The highest BCUT2D eigenvalue weighted by atomic mass is 15.2. The summed E-state index contributed by atoms with van der Waals surface area (Å²) in [5, 5.41) is 3.47. The first-order valence-electron chi connectivity index (χ1n) is 5.38. The van der Waals surface area contributed by atoms with Crippen molar-refractivity contribution in [2.24, 2.45) is 5.73 Å². The Morgan fingerprint density at radius 3 is 2.85 bits per heavy atom. The van der Waals surface area contributed by atoms with Gasteiger partial charge in [0.2, 0.25) is 0 Å². The van der Waals surface area contributed by atoms with Gasteiger partial charge in [-0.25, -0.2) is 0 Å². The van der Waals surface area contributed by atoms with Gasteiger partial charge in [-0.05, 0) is 20.3 Å². The van der Waals surface area contributed by atoms with E-state index in [1.165, 1.54) is 0 Å². The Hall–Kier alpha value is -0.120. The maximum Gasteiger partial charge on any atom is 0.0219 e. The number of nitrogens with zero attached hydrogens (tertiary/aromatic N) is 1. The SMILES string of the molecule is CCC(N)CN1CCNC(C)C1C. The summed E-state index contributed by atoms with van der Waals surface area (Å²) >= 11 is 0. The fourth-order valence-corrected chi connectivity index (χ4v) is 1.81. The van der Waals surface area contributed by atoms with E-state index < -0.39 is 0 Å². The van der Waals surface area contributed by atoms with Gasteiger partial charge in [0, 0.05) is 37.8 Å². The van der Waals surface area contributed by atoms with Crippen molar-refractivity contribution in [2.75, 3.05) is 19.6 Å². The Morgan fingerprint density at radius 2 is 2.23 bits per heavy atom. The maximum atomic E-state index is 5.95. The zero-order valence-electron chi connectivity index (χ0n) is 9.09. The number of nitrogens with one attached hydrogen (secondary N) is 1. The van der Waals surface area contributed by atoms with Crippen LogP contribution in [0.3, 0.4) is 0 Å². The van der Waals surface area contributed by atoms with Gasteiger partial charge >= 0.3 is 0 Å². The minimum atomic E-state index is 0.341. The third kappa shape index (κ3) is 2.93. The zero-order chi connectivity index (χ0) is 9.84. The summed E-state index contributed by atoms with van der Waals surface area (Å²) in [6.45, 7) is 9.96. The molecule has 3 atom stereocenters. The molecule has 0 amide bonds. The molecule has 0 spiro atoms. The standard InChI is InChI=1S/C10H23N3/c1-4-10(11)7-13-6-5-12-8(2)9(13)3/h8-10,12H,4-7,11H2,1-3H3. The van der Waals surface area contributed by atoms with Crippen LogP contribution in [0.5, 0.6) is 0 Å². The van der Waals surface area contributed by atoms with E-state index in [1.54, 1.807) is 0 Å². The minimum Gasteiger partial charge on any atom is -0.327 e. The van der Waals surface area contributed by atoms with Crippen LogP contribution in [0.1, 0.15) is 27.2 Å².